The van der Waals surface area contributed by atoms with Crippen molar-refractivity contribution in [3.63, 3.8) is 0 Å². The summed E-state index contributed by atoms with van der Waals surface area (Å²) in [4.78, 5) is 31.5. The summed E-state index contributed by atoms with van der Waals surface area (Å²) in [5, 5.41) is 10.5. The van der Waals surface area contributed by atoms with Crippen molar-refractivity contribution in [3.8, 4) is 0 Å². The monoisotopic (exact) mass is 243 g/mol. The maximum Gasteiger partial charge on any atom is 0.435 e. The highest BCUT2D eigenvalue weighted by atomic mass is 31.2. The number of hydrogen-bond donors (Lipinski definition) is 2. The molecule has 0 unspecified atom stereocenters. The summed E-state index contributed by atoms with van der Waals surface area (Å²) in [5.74, 6) is 0. The zero-order chi connectivity index (χ0) is 11.9. The first-order valence-corrected chi connectivity index (χ1v) is 5.64. The number of benzene rings is 1. The molecule has 1 heterocycles. The molecule has 9 heteroatoms. The van der Waals surface area contributed by atoms with Gasteiger partial charge in [0.15, 0.2) is 0 Å². The second-order valence-corrected chi connectivity index (χ2v) is 4.49. The first-order chi connectivity index (χ1) is 7.39. The van der Waals surface area contributed by atoms with Crippen molar-refractivity contribution in [3.05, 3.63) is 34.6 Å². The number of nitrogens with zero attached hydrogens (tertiary/aromatic N) is 3. The van der Waals surface area contributed by atoms with Crippen LogP contribution >= 0.6 is 7.75 Å². The topological polar surface area (TPSA) is 118 Å². The molecule has 1 aromatic carbocycles. The highest BCUT2D eigenvalue weighted by Gasteiger charge is 2.20. The van der Waals surface area contributed by atoms with Crippen molar-refractivity contribution >= 4 is 24.5 Å². The molecule has 8 nitrogen and oxygen atoms in total. The van der Waals surface area contributed by atoms with Gasteiger partial charge in [-0.15, -0.1) is 0 Å². The largest absolute Gasteiger partial charge is 0.435 e. The molecule has 1 aromatic heterocycles. The molecule has 2 N–H and O–H groups in total. The number of non-ortho nitro benzene ring substituents is 1. The van der Waals surface area contributed by atoms with Crippen LogP contribution in [0.4, 0.5) is 5.69 Å². The van der Waals surface area contributed by atoms with Gasteiger partial charge < -0.3 is 9.79 Å². The standard InChI is InChI=1S/C7H6N3O5P/c11-10(12)5-1-2-6-7(3-5)9(4-8-6)16(13,14)15/h1-4H,(H2,13,14,15). The molecule has 0 aliphatic rings. The lowest BCUT2D eigenvalue weighted by atomic mass is 10.3. The van der Waals surface area contributed by atoms with Crippen LogP contribution in [0.15, 0.2) is 24.5 Å². The number of imidazole rings is 1. The molecule has 2 aromatic rings. The summed E-state index contributed by atoms with van der Waals surface area (Å²) < 4.78 is 11.6. The minimum Gasteiger partial charge on any atom is -0.308 e. The van der Waals surface area contributed by atoms with Gasteiger partial charge in [-0.2, -0.15) is 0 Å². The van der Waals surface area contributed by atoms with E-state index in [-0.39, 0.29) is 16.7 Å². The third-order valence-corrected chi connectivity index (χ3v) is 2.88. The Balaban J connectivity index is 2.75. The molecule has 0 aliphatic heterocycles. The molecule has 2 rings (SSSR count). The number of fused-ring (bicyclic) bond motifs is 1. The van der Waals surface area contributed by atoms with Gasteiger partial charge in [-0.3, -0.25) is 10.1 Å². The SMILES string of the molecule is O=[N+]([O-])c1ccc2ncn(P(=O)(O)O)c2c1. The average molecular weight is 243 g/mol. The second kappa shape index (κ2) is 3.38. The molecular weight excluding hydrogens is 237 g/mol. The molecule has 0 radical (unpaired) electrons. The Bertz CT molecular complexity index is 616. The first-order valence-electron chi connectivity index (χ1n) is 4.07. The molecular formula is C7H6N3O5P. The van der Waals surface area contributed by atoms with Crippen molar-refractivity contribution in [2.45, 2.75) is 0 Å². The third-order valence-electron chi connectivity index (χ3n) is 2.00. The van der Waals surface area contributed by atoms with Gasteiger partial charge in [0.1, 0.15) is 6.33 Å². The summed E-state index contributed by atoms with van der Waals surface area (Å²) in [6, 6.07) is 3.63. The van der Waals surface area contributed by atoms with E-state index < -0.39 is 12.7 Å². The highest BCUT2D eigenvalue weighted by molar-refractivity contribution is 7.50. The number of hydrogen-bond acceptors (Lipinski definition) is 4. The molecule has 0 saturated heterocycles. The summed E-state index contributed by atoms with van der Waals surface area (Å²) in [6.45, 7) is 0. The number of nitro groups is 1. The van der Waals surface area contributed by atoms with E-state index in [0.29, 0.717) is 4.34 Å². The molecule has 0 amide bonds. The van der Waals surface area contributed by atoms with Crippen LogP contribution in [-0.2, 0) is 4.57 Å². The lowest BCUT2D eigenvalue weighted by molar-refractivity contribution is -0.384. The van der Waals surface area contributed by atoms with Gasteiger partial charge in [0, 0.05) is 12.1 Å². The van der Waals surface area contributed by atoms with Crippen LogP contribution in [0, 0.1) is 10.1 Å². The number of rotatable bonds is 2. The van der Waals surface area contributed by atoms with Crippen LogP contribution < -0.4 is 0 Å². The predicted molar refractivity (Wildman–Crippen MR) is 53.8 cm³/mol. The maximum absolute atomic E-state index is 11.0. The van der Waals surface area contributed by atoms with E-state index in [2.05, 4.69) is 4.98 Å². The van der Waals surface area contributed by atoms with Gasteiger partial charge in [0.25, 0.3) is 5.69 Å². The molecule has 16 heavy (non-hydrogen) atoms. The van der Waals surface area contributed by atoms with Gasteiger partial charge in [0.2, 0.25) is 0 Å². The Morgan fingerprint density at radius 2 is 2.12 bits per heavy atom. The van der Waals surface area contributed by atoms with Crippen molar-refractivity contribution < 1.29 is 19.3 Å². The molecule has 0 bridgehead atoms. The summed E-state index contributed by atoms with van der Waals surface area (Å²) in [7, 11) is -4.53. The highest BCUT2D eigenvalue weighted by Crippen LogP contribution is 2.40. The van der Waals surface area contributed by atoms with Crippen molar-refractivity contribution in [1.82, 2.24) is 9.32 Å². The molecule has 0 fully saturated rings. The lowest BCUT2D eigenvalue weighted by Gasteiger charge is -2.04. The van der Waals surface area contributed by atoms with Crippen molar-refractivity contribution in [2.24, 2.45) is 0 Å². The van der Waals surface area contributed by atoms with Crippen LogP contribution in [0.5, 0.6) is 0 Å². The van der Waals surface area contributed by atoms with E-state index in [0.717, 1.165) is 12.4 Å². The molecule has 0 atom stereocenters. The minimum atomic E-state index is -4.53. The normalized spacial score (nSPS) is 11.9. The zero-order valence-electron chi connectivity index (χ0n) is 7.72. The quantitative estimate of drug-likeness (QED) is 0.459. The fraction of sp³-hybridized carbons (Fsp3) is 0. The molecule has 0 saturated carbocycles. The van der Waals surface area contributed by atoms with Crippen LogP contribution in [0.3, 0.4) is 0 Å². The molecule has 0 aliphatic carbocycles. The van der Waals surface area contributed by atoms with Crippen LogP contribution in [0.1, 0.15) is 0 Å². The van der Waals surface area contributed by atoms with Gasteiger partial charge in [-0.05, 0) is 6.07 Å². The van der Waals surface area contributed by atoms with Gasteiger partial charge in [-0.1, -0.05) is 0 Å². The predicted octanol–water partition coefficient (Wildman–Crippen LogP) is 0.885. The van der Waals surface area contributed by atoms with E-state index in [4.69, 9.17) is 9.79 Å². The van der Waals surface area contributed by atoms with Gasteiger partial charge in [0.05, 0.1) is 16.0 Å². The summed E-state index contributed by atoms with van der Waals surface area (Å²) >= 11 is 0. The van der Waals surface area contributed by atoms with Gasteiger partial charge >= 0.3 is 7.75 Å². The number of nitro benzene ring substituents is 1. The first kappa shape index (κ1) is 10.7. The Hall–Kier alpha value is -1.76. The average Bonchev–Trinajstić information content (AvgIpc) is 2.58. The smallest absolute Gasteiger partial charge is 0.308 e. The molecule has 84 valence electrons. The Labute approximate surface area is 88.5 Å². The van der Waals surface area contributed by atoms with Crippen molar-refractivity contribution in [2.75, 3.05) is 0 Å². The van der Waals surface area contributed by atoms with Crippen molar-refractivity contribution in [1.29, 1.82) is 0 Å². The van der Waals surface area contributed by atoms with E-state index >= 15 is 0 Å². The van der Waals surface area contributed by atoms with E-state index in [1.807, 2.05) is 0 Å². The summed E-state index contributed by atoms with van der Waals surface area (Å²) in [5.41, 5.74) is 0.0687. The second-order valence-electron chi connectivity index (χ2n) is 3.03. The van der Waals surface area contributed by atoms with E-state index in [1.54, 1.807) is 0 Å². The Kier molecular flexibility index (Phi) is 2.27. The third kappa shape index (κ3) is 1.69. The van der Waals surface area contributed by atoms with E-state index in [9.17, 15) is 14.7 Å². The summed E-state index contributed by atoms with van der Waals surface area (Å²) in [6.07, 6.45) is 0.954. The van der Waals surface area contributed by atoms with E-state index in [1.165, 1.54) is 12.1 Å². The van der Waals surface area contributed by atoms with Gasteiger partial charge in [-0.25, -0.2) is 13.9 Å². The molecule has 0 spiro atoms. The Morgan fingerprint density at radius 1 is 1.44 bits per heavy atom. The van der Waals surface area contributed by atoms with Crippen LogP contribution in [-0.4, -0.2) is 24.0 Å². The lowest BCUT2D eigenvalue weighted by Crippen LogP contribution is -1.94. The Morgan fingerprint density at radius 3 is 2.69 bits per heavy atom. The van der Waals surface area contributed by atoms with Crippen LogP contribution in [0.2, 0.25) is 0 Å². The number of aromatic nitrogens is 2. The maximum atomic E-state index is 11.0. The van der Waals surface area contributed by atoms with Crippen LogP contribution in [0.25, 0.3) is 11.0 Å². The fourth-order valence-corrected chi connectivity index (χ4v) is 1.93. The zero-order valence-corrected chi connectivity index (χ0v) is 8.61. The fourth-order valence-electron chi connectivity index (χ4n) is 1.30. The minimum absolute atomic E-state index is 0.0301.